The smallest absolute Gasteiger partial charge is 0.123 e. The number of hydrogen-bond acceptors (Lipinski definition) is 1. The summed E-state index contributed by atoms with van der Waals surface area (Å²) in [7, 11) is 0. The van der Waals surface area contributed by atoms with Gasteiger partial charge in [0.25, 0.3) is 0 Å². The molecule has 1 aliphatic heterocycles. The minimum Gasteiger partial charge on any atom is -0.315 e. The van der Waals surface area contributed by atoms with Gasteiger partial charge in [0, 0.05) is 19.0 Å². The molecule has 0 spiro atoms. The molecular formula is C15H14FN. The molecule has 1 fully saturated rings. The minimum absolute atomic E-state index is 0.187. The molecule has 1 aliphatic rings. The van der Waals surface area contributed by atoms with Crippen molar-refractivity contribution in [3.63, 3.8) is 0 Å². The summed E-state index contributed by atoms with van der Waals surface area (Å²) in [5.41, 5.74) is 3.60. The van der Waals surface area contributed by atoms with E-state index >= 15 is 0 Å². The van der Waals surface area contributed by atoms with Gasteiger partial charge in [-0.15, -0.1) is 0 Å². The van der Waals surface area contributed by atoms with Crippen LogP contribution in [0.5, 0.6) is 0 Å². The van der Waals surface area contributed by atoms with E-state index in [1.54, 1.807) is 0 Å². The zero-order chi connectivity index (χ0) is 11.7. The highest BCUT2D eigenvalue weighted by atomic mass is 19.1. The van der Waals surface area contributed by atoms with E-state index in [9.17, 15) is 4.39 Å². The molecule has 3 rings (SSSR count). The molecule has 2 aromatic carbocycles. The largest absolute Gasteiger partial charge is 0.315 e. The summed E-state index contributed by atoms with van der Waals surface area (Å²) in [5.74, 6) is 0.448. The van der Waals surface area contributed by atoms with Crippen molar-refractivity contribution < 1.29 is 4.39 Å². The highest BCUT2D eigenvalue weighted by molar-refractivity contribution is 5.64. The molecule has 0 radical (unpaired) electrons. The molecule has 0 amide bonds. The van der Waals surface area contributed by atoms with E-state index in [2.05, 4.69) is 29.6 Å². The van der Waals surface area contributed by atoms with Crippen LogP contribution in [0.3, 0.4) is 0 Å². The van der Waals surface area contributed by atoms with Gasteiger partial charge in [0.05, 0.1) is 0 Å². The molecular weight excluding hydrogens is 213 g/mol. The van der Waals surface area contributed by atoms with Gasteiger partial charge in [-0.2, -0.15) is 0 Å². The second-order valence-corrected chi connectivity index (χ2v) is 4.49. The summed E-state index contributed by atoms with van der Waals surface area (Å²) in [4.78, 5) is 0. The van der Waals surface area contributed by atoms with Gasteiger partial charge in [-0.3, -0.25) is 0 Å². The summed E-state index contributed by atoms with van der Waals surface area (Å²) in [5, 5.41) is 3.28. The van der Waals surface area contributed by atoms with E-state index in [1.165, 1.54) is 17.7 Å². The monoisotopic (exact) mass is 227 g/mol. The van der Waals surface area contributed by atoms with Gasteiger partial charge in [-0.25, -0.2) is 4.39 Å². The highest BCUT2D eigenvalue weighted by Crippen LogP contribution is 2.26. The third-order valence-corrected chi connectivity index (χ3v) is 3.32. The lowest BCUT2D eigenvalue weighted by Gasteiger charge is -2.27. The lowest BCUT2D eigenvalue weighted by atomic mass is 9.91. The molecule has 1 heterocycles. The van der Waals surface area contributed by atoms with Gasteiger partial charge in [0.2, 0.25) is 0 Å². The molecule has 0 atom stereocenters. The summed E-state index contributed by atoms with van der Waals surface area (Å²) < 4.78 is 12.9. The van der Waals surface area contributed by atoms with Gasteiger partial charge in [0.15, 0.2) is 0 Å². The Morgan fingerprint density at radius 3 is 2.35 bits per heavy atom. The Bertz CT molecular complexity index is 515. The van der Waals surface area contributed by atoms with Crippen molar-refractivity contribution in [3.8, 4) is 11.1 Å². The SMILES string of the molecule is Fc1ccc(-c2cccc(C3CNC3)c2)cc1. The zero-order valence-electron chi connectivity index (χ0n) is 9.49. The van der Waals surface area contributed by atoms with Crippen LogP contribution in [0.2, 0.25) is 0 Å². The second-order valence-electron chi connectivity index (χ2n) is 4.49. The standard InChI is InChI=1S/C15H14FN/c16-15-6-4-11(5-7-15)12-2-1-3-13(8-12)14-9-17-10-14/h1-8,14,17H,9-10H2. The van der Waals surface area contributed by atoms with E-state index < -0.39 is 0 Å². The Morgan fingerprint density at radius 2 is 1.71 bits per heavy atom. The van der Waals surface area contributed by atoms with Crippen LogP contribution in [0.25, 0.3) is 11.1 Å². The molecule has 1 saturated heterocycles. The van der Waals surface area contributed by atoms with Crippen LogP contribution in [0.15, 0.2) is 48.5 Å². The molecule has 0 unspecified atom stereocenters. The van der Waals surface area contributed by atoms with Crippen molar-refractivity contribution >= 4 is 0 Å². The van der Waals surface area contributed by atoms with Gasteiger partial charge in [0.1, 0.15) is 5.82 Å². The predicted octanol–water partition coefficient (Wildman–Crippen LogP) is 3.18. The lowest BCUT2D eigenvalue weighted by molar-refractivity contribution is 0.448. The van der Waals surface area contributed by atoms with Gasteiger partial charge in [-0.05, 0) is 28.8 Å². The maximum absolute atomic E-state index is 12.9. The molecule has 86 valence electrons. The van der Waals surface area contributed by atoms with Crippen molar-refractivity contribution in [2.45, 2.75) is 5.92 Å². The van der Waals surface area contributed by atoms with Crippen molar-refractivity contribution in [1.29, 1.82) is 0 Å². The molecule has 1 N–H and O–H groups in total. The van der Waals surface area contributed by atoms with Crippen LogP contribution in [0.1, 0.15) is 11.5 Å². The van der Waals surface area contributed by atoms with Crippen molar-refractivity contribution in [2.24, 2.45) is 0 Å². The molecule has 0 saturated carbocycles. The lowest BCUT2D eigenvalue weighted by Crippen LogP contribution is -2.39. The van der Waals surface area contributed by atoms with Gasteiger partial charge >= 0.3 is 0 Å². The quantitative estimate of drug-likeness (QED) is 0.830. The van der Waals surface area contributed by atoms with Crippen LogP contribution in [0, 0.1) is 5.82 Å². The first-order valence-electron chi connectivity index (χ1n) is 5.89. The number of benzene rings is 2. The number of hydrogen-bond donors (Lipinski definition) is 1. The topological polar surface area (TPSA) is 12.0 Å². The van der Waals surface area contributed by atoms with Crippen molar-refractivity contribution in [1.82, 2.24) is 5.32 Å². The average Bonchev–Trinajstić information content (AvgIpc) is 2.28. The molecule has 0 aromatic heterocycles. The van der Waals surface area contributed by atoms with E-state index in [1.807, 2.05) is 12.1 Å². The maximum atomic E-state index is 12.9. The highest BCUT2D eigenvalue weighted by Gasteiger charge is 2.18. The molecule has 17 heavy (non-hydrogen) atoms. The fourth-order valence-corrected chi connectivity index (χ4v) is 2.14. The maximum Gasteiger partial charge on any atom is 0.123 e. The van der Waals surface area contributed by atoms with E-state index in [-0.39, 0.29) is 5.82 Å². The first kappa shape index (κ1) is 10.5. The Labute approximate surface area is 100 Å². The molecule has 0 aliphatic carbocycles. The molecule has 0 bridgehead atoms. The normalized spacial score (nSPS) is 15.6. The van der Waals surface area contributed by atoms with Crippen LogP contribution in [0.4, 0.5) is 4.39 Å². The van der Waals surface area contributed by atoms with Gasteiger partial charge in [-0.1, -0.05) is 36.4 Å². The first-order valence-corrected chi connectivity index (χ1v) is 5.89. The third kappa shape index (κ3) is 2.08. The molecule has 2 aromatic rings. The number of halogens is 1. The molecule has 2 heteroatoms. The number of rotatable bonds is 2. The van der Waals surface area contributed by atoms with Gasteiger partial charge < -0.3 is 5.32 Å². The Kier molecular flexibility index (Phi) is 2.65. The predicted molar refractivity (Wildman–Crippen MR) is 67.4 cm³/mol. The minimum atomic E-state index is -0.187. The fraction of sp³-hybridized carbons (Fsp3) is 0.200. The summed E-state index contributed by atoms with van der Waals surface area (Å²) in [6.07, 6.45) is 0. The first-order chi connectivity index (χ1) is 8.33. The van der Waals surface area contributed by atoms with Crippen LogP contribution in [-0.2, 0) is 0 Å². The van der Waals surface area contributed by atoms with Crippen LogP contribution >= 0.6 is 0 Å². The van der Waals surface area contributed by atoms with Crippen molar-refractivity contribution in [2.75, 3.05) is 13.1 Å². The van der Waals surface area contributed by atoms with E-state index in [0.29, 0.717) is 5.92 Å². The Hall–Kier alpha value is -1.67. The summed E-state index contributed by atoms with van der Waals surface area (Å²) in [6, 6.07) is 15.2. The zero-order valence-corrected chi connectivity index (χ0v) is 9.49. The van der Waals surface area contributed by atoms with Crippen LogP contribution in [-0.4, -0.2) is 13.1 Å². The fourth-order valence-electron chi connectivity index (χ4n) is 2.14. The van der Waals surface area contributed by atoms with Crippen LogP contribution < -0.4 is 5.32 Å². The Balaban J connectivity index is 1.94. The average molecular weight is 227 g/mol. The summed E-state index contributed by atoms with van der Waals surface area (Å²) >= 11 is 0. The second kappa shape index (κ2) is 4.30. The number of nitrogens with one attached hydrogen (secondary N) is 1. The molecule has 1 nitrogen and oxygen atoms in total. The summed E-state index contributed by atoms with van der Waals surface area (Å²) in [6.45, 7) is 2.12. The Morgan fingerprint density at radius 1 is 0.941 bits per heavy atom. The van der Waals surface area contributed by atoms with E-state index in [0.717, 1.165) is 24.2 Å². The third-order valence-electron chi connectivity index (χ3n) is 3.32. The van der Waals surface area contributed by atoms with Crippen molar-refractivity contribution in [3.05, 3.63) is 59.9 Å². The van der Waals surface area contributed by atoms with E-state index in [4.69, 9.17) is 0 Å².